The van der Waals surface area contributed by atoms with Crippen LogP contribution in [0, 0.1) is 6.07 Å². The highest BCUT2D eigenvalue weighted by atomic mass is 79.9. The van der Waals surface area contributed by atoms with E-state index in [1.807, 2.05) is 42.5 Å². The van der Waals surface area contributed by atoms with E-state index in [2.05, 4.69) is 22.0 Å². The molecule has 0 saturated carbocycles. The predicted octanol–water partition coefficient (Wildman–Crippen LogP) is 3.29. The van der Waals surface area contributed by atoms with Crippen LogP contribution in [-0.4, -0.2) is 0 Å². The maximum atomic E-state index is 5.74. The zero-order valence-corrected chi connectivity index (χ0v) is 10.9. The monoisotopic (exact) mass is 290 g/mol. The second-order valence-electron chi connectivity index (χ2n) is 3.61. The summed E-state index contributed by atoms with van der Waals surface area (Å²) in [4.78, 5) is 0. The highest BCUT2D eigenvalue weighted by Gasteiger charge is 2.05. The fourth-order valence-electron chi connectivity index (χ4n) is 1.50. The molecular formula is C14H13BrNO. The summed E-state index contributed by atoms with van der Waals surface area (Å²) < 4.78 is 6.63. The van der Waals surface area contributed by atoms with E-state index in [1.165, 1.54) is 0 Å². The Morgan fingerprint density at radius 3 is 2.65 bits per heavy atom. The number of hydrogen-bond donors (Lipinski definition) is 1. The van der Waals surface area contributed by atoms with Gasteiger partial charge >= 0.3 is 0 Å². The molecule has 2 aromatic carbocycles. The first-order chi connectivity index (χ1) is 8.31. The van der Waals surface area contributed by atoms with Gasteiger partial charge in [0.2, 0.25) is 0 Å². The van der Waals surface area contributed by atoms with E-state index in [0.29, 0.717) is 13.2 Å². The van der Waals surface area contributed by atoms with Crippen molar-refractivity contribution in [1.82, 2.24) is 0 Å². The molecule has 0 bridgehead atoms. The molecule has 0 atom stereocenters. The van der Waals surface area contributed by atoms with Crippen molar-refractivity contribution in [2.24, 2.45) is 5.73 Å². The summed E-state index contributed by atoms with van der Waals surface area (Å²) >= 11 is 3.48. The van der Waals surface area contributed by atoms with Crippen molar-refractivity contribution in [3.8, 4) is 5.75 Å². The van der Waals surface area contributed by atoms with E-state index >= 15 is 0 Å². The number of ether oxygens (including phenoxy) is 1. The van der Waals surface area contributed by atoms with E-state index < -0.39 is 0 Å². The number of halogens is 1. The van der Waals surface area contributed by atoms with E-state index in [0.717, 1.165) is 21.3 Å². The molecule has 2 nitrogen and oxygen atoms in total. The minimum Gasteiger partial charge on any atom is -0.488 e. The quantitative estimate of drug-likeness (QED) is 0.938. The van der Waals surface area contributed by atoms with Crippen LogP contribution in [0.3, 0.4) is 0 Å². The maximum Gasteiger partial charge on any atom is 0.134 e. The van der Waals surface area contributed by atoms with Gasteiger partial charge in [0.05, 0.1) is 4.47 Å². The maximum absolute atomic E-state index is 5.74. The van der Waals surface area contributed by atoms with Crippen LogP contribution in [0.15, 0.2) is 46.9 Å². The lowest BCUT2D eigenvalue weighted by Gasteiger charge is -2.10. The summed E-state index contributed by atoms with van der Waals surface area (Å²) in [6, 6.07) is 16.8. The Morgan fingerprint density at radius 2 is 1.94 bits per heavy atom. The largest absolute Gasteiger partial charge is 0.488 e. The molecule has 0 aromatic heterocycles. The van der Waals surface area contributed by atoms with Gasteiger partial charge in [0, 0.05) is 6.54 Å². The minimum absolute atomic E-state index is 0.448. The summed E-state index contributed by atoms with van der Waals surface area (Å²) in [5.74, 6) is 0.799. The van der Waals surface area contributed by atoms with Crippen molar-refractivity contribution in [2.45, 2.75) is 13.2 Å². The van der Waals surface area contributed by atoms with Gasteiger partial charge in [-0.15, -0.1) is 0 Å². The average Bonchev–Trinajstić information content (AvgIpc) is 2.39. The first-order valence-corrected chi connectivity index (χ1v) is 6.16. The Kier molecular flexibility index (Phi) is 4.18. The minimum atomic E-state index is 0.448. The van der Waals surface area contributed by atoms with Crippen LogP contribution in [0.4, 0.5) is 0 Å². The van der Waals surface area contributed by atoms with Crippen LogP contribution in [0.2, 0.25) is 0 Å². The highest BCUT2D eigenvalue weighted by Crippen LogP contribution is 2.28. The molecule has 0 amide bonds. The van der Waals surface area contributed by atoms with Gasteiger partial charge in [-0.1, -0.05) is 36.4 Å². The Balaban J connectivity index is 2.09. The van der Waals surface area contributed by atoms with Gasteiger partial charge in [-0.2, -0.15) is 0 Å². The first-order valence-electron chi connectivity index (χ1n) is 5.37. The van der Waals surface area contributed by atoms with Crippen molar-refractivity contribution >= 4 is 15.9 Å². The second-order valence-corrected chi connectivity index (χ2v) is 4.41. The molecule has 87 valence electrons. The van der Waals surface area contributed by atoms with Gasteiger partial charge in [0.15, 0.2) is 0 Å². The van der Waals surface area contributed by atoms with Gasteiger partial charge in [-0.05, 0) is 39.2 Å². The second kappa shape index (κ2) is 5.84. The third kappa shape index (κ3) is 3.08. The molecule has 0 fully saturated rings. The average molecular weight is 291 g/mol. The predicted molar refractivity (Wildman–Crippen MR) is 71.6 cm³/mol. The van der Waals surface area contributed by atoms with Gasteiger partial charge in [-0.3, -0.25) is 0 Å². The molecule has 0 heterocycles. The third-order valence-corrected chi connectivity index (χ3v) is 3.28. The van der Waals surface area contributed by atoms with Crippen molar-refractivity contribution in [2.75, 3.05) is 0 Å². The molecule has 0 aliphatic carbocycles. The molecule has 1 radical (unpaired) electrons. The summed E-state index contributed by atoms with van der Waals surface area (Å²) in [7, 11) is 0. The van der Waals surface area contributed by atoms with Crippen LogP contribution in [0.1, 0.15) is 11.1 Å². The summed E-state index contributed by atoms with van der Waals surface area (Å²) in [6.07, 6.45) is 0. The molecular weight excluding hydrogens is 278 g/mol. The van der Waals surface area contributed by atoms with Crippen LogP contribution >= 0.6 is 15.9 Å². The van der Waals surface area contributed by atoms with E-state index in [-0.39, 0.29) is 0 Å². The Labute approximate surface area is 110 Å². The zero-order chi connectivity index (χ0) is 12.1. The van der Waals surface area contributed by atoms with Crippen molar-refractivity contribution in [1.29, 1.82) is 0 Å². The molecule has 0 saturated heterocycles. The van der Waals surface area contributed by atoms with Crippen molar-refractivity contribution in [3.63, 3.8) is 0 Å². The fraction of sp³-hybridized carbons (Fsp3) is 0.143. The lowest BCUT2D eigenvalue weighted by molar-refractivity contribution is 0.304. The topological polar surface area (TPSA) is 35.2 Å². The molecule has 0 spiro atoms. The van der Waals surface area contributed by atoms with Crippen LogP contribution in [0.5, 0.6) is 5.75 Å². The van der Waals surface area contributed by atoms with Crippen molar-refractivity contribution < 1.29 is 4.74 Å². The molecule has 0 aliphatic rings. The Hall–Kier alpha value is -1.32. The Morgan fingerprint density at radius 1 is 1.18 bits per heavy atom. The van der Waals surface area contributed by atoms with Gasteiger partial charge in [0.25, 0.3) is 0 Å². The summed E-state index contributed by atoms with van der Waals surface area (Å²) in [5, 5.41) is 0. The van der Waals surface area contributed by atoms with Crippen LogP contribution < -0.4 is 10.5 Å². The Bertz CT molecular complexity index is 485. The molecule has 2 N–H and O–H groups in total. The number of rotatable bonds is 4. The molecule has 2 rings (SSSR count). The van der Waals surface area contributed by atoms with Crippen molar-refractivity contribution in [3.05, 3.63) is 64.1 Å². The van der Waals surface area contributed by atoms with E-state index in [4.69, 9.17) is 10.5 Å². The molecule has 3 heteroatoms. The van der Waals surface area contributed by atoms with E-state index in [1.54, 1.807) is 0 Å². The van der Waals surface area contributed by atoms with Gasteiger partial charge < -0.3 is 10.5 Å². The fourth-order valence-corrected chi connectivity index (χ4v) is 2.02. The molecule has 0 unspecified atom stereocenters. The van der Waals surface area contributed by atoms with E-state index in [9.17, 15) is 0 Å². The van der Waals surface area contributed by atoms with Crippen LogP contribution in [0.25, 0.3) is 0 Å². The number of nitrogens with two attached hydrogens (primary N) is 1. The first kappa shape index (κ1) is 12.1. The lowest BCUT2D eigenvalue weighted by Crippen LogP contribution is -2.01. The molecule has 0 aliphatic heterocycles. The molecule has 17 heavy (non-hydrogen) atoms. The van der Waals surface area contributed by atoms with Gasteiger partial charge in [-0.25, -0.2) is 0 Å². The highest BCUT2D eigenvalue weighted by molar-refractivity contribution is 9.10. The summed E-state index contributed by atoms with van der Waals surface area (Å²) in [5.41, 5.74) is 7.68. The smallest absolute Gasteiger partial charge is 0.134 e. The number of hydrogen-bond acceptors (Lipinski definition) is 2. The SMILES string of the molecule is NCc1[c]ccc(OCc2ccccc2)c1Br. The third-order valence-electron chi connectivity index (χ3n) is 2.41. The lowest BCUT2D eigenvalue weighted by atomic mass is 10.2. The van der Waals surface area contributed by atoms with Gasteiger partial charge in [0.1, 0.15) is 12.4 Å². The standard InChI is InChI=1S/C14H13BrNO/c15-14-12(9-16)7-4-8-13(14)17-10-11-5-2-1-3-6-11/h1-6,8H,9-10,16H2. The normalized spacial score (nSPS) is 10.2. The molecule has 2 aromatic rings. The summed E-state index contributed by atoms with van der Waals surface area (Å²) in [6.45, 7) is 0.997. The number of benzene rings is 2. The zero-order valence-electron chi connectivity index (χ0n) is 9.32. The van der Waals surface area contributed by atoms with Crippen LogP contribution in [-0.2, 0) is 13.2 Å².